The van der Waals surface area contributed by atoms with Crippen LogP contribution in [0.5, 0.6) is 5.75 Å². The molecular formula is C29H43N5O7S. The van der Waals surface area contributed by atoms with Crippen molar-refractivity contribution in [1.82, 2.24) is 19.7 Å². The van der Waals surface area contributed by atoms with Gasteiger partial charge < -0.3 is 29.9 Å². The minimum Gasteiger partial charge on any atom is -0.488 e. The van der Waals surface area contributed by atoms with Crippen LogP contribution in [-0.4, -0.2) is 84.8 Å². The fourth-order valence-corrected chi connectivity index (χ4v) is 7.14. The molecule has 4 rings (SSSR count). The number of carbonyl (C=O) groups is 2. The van der Waals surface area contributed by atoms with Gasteiger partial charge in [0.15, 0.2) is 5.76 Å². The van der Waals surface area contributed by atoms with Crippen LogP contribution in [0.2, 0.25) is 0 Å². The summed E-state index contributed by atoms with van der Waals surface area (Å²) >= 11 is 0. The molecule has 0 spiro atoms. The van der Waals surface area contributed by atoms with Crippen LogP contribution in [-0.2, 0) is 21.2 Å². The second kappa shape index (κ2) is 13.4. The van der Waals surface area contributed by atoms with Gasteiger partial charge in [0, 0.05) is 36.8 Å². The lowest BCUT2D eigenvalue weighted by Crippen LogP contribution is -2.48. The number of sulfonamides is 1. The number of nitrogens with one attached hydrogen (secondary N) is 2. The van der Waals surface area contributed by atoms with Crippen molar-refractivity contribution < 1.29 is 32.4 Å². The first-order valence-corrected chi connectivity index (χ1v) is 16.0. The highest BCUT2D eigenvalue weighted by atomic mass is 32.2. The summed E-state index contributed by atoms with van der Waals surface area (Å²) in [4.78, 5) is 27.8. The summed E-state index contributed by atoms with van der Waals surface area (Å²) in [5.74, 6) is 0.138. The van der Waals surface area contributed by atoms with Crippen molar-refractivity contribution in [2.45, 2.75) is 89.3 Å². The van der Waals surface area contributed by atoms with E-state index in [0.717, 1.165) is 25.7 Å². The van der Waals surface area contributed by atoms with Gasteiger partial charge in [-0.25, -0.2) is 13.2 Å². The fraction of sp³-hybridized carbons (Fsp3) is 0.621. The summed E-state index contributed by atoms with van der Waals surface area (Å²) in [6.07, 6.45) is 4.65. The fourth-order valence-electron chi connectivity index (χ4n) is 5.67. The maximum Gasteiger partial charge on any atom is 0.319 e. The molecule has 0 unspecified atom stereocenters. The van der Waals surface area contributed by atoms with Crippen molar-refractivity contribution in [2.24, 2.45) is 5.92 Å². The number of aromatic nitrogens is 1. The summed E-state index contributed by atoms with van der Waals surface area (Å²) in [5.41, 5.74) is 1.34. The highest BCUT2D eigenvalue weighted by Crippen LogP contribution is 2.30. The maximum absolute atomic E-state index is 13.5. The van der Waals surface area contributed by atoms with E-state index in [4.69, 9.17) is 9.26 Å². The zero-order chi connectivity index (χ0) is 30.6. The number of aliphatic hydroxyl groups is 1. The van der Waals surface area contributed by atoms with Gasteiger partial charge >= 0.3 is 6.03 Å². The van der Waals surface area contributed by atoms with E-state index in [1.54, 1.807) is 43.9 Å². The molecule has 1 aromatic heterocycles. The van der Waals surface area contributed by atoms with Crippen molar-refractivity contribution in [1.29, 1.82) is 0 Å². The lowest BCUT2D eigenvalue weighted by atomic mass is 9.96. The maximum atomic E-state index is 13.5. The first-order valence-electron chi connectivity index (χ1n) is 14.6. The summed E-state index contributed by atoms with van der Waals surface area (Å²) in [5, 5.41) is 19.6. The van der Waals surface area contributed by atoms with Gasteiger partial charge in [0.2, 0.25) is 15.9 Å². The van der Waals surface area contributed by atoms with E-state index in [0.29, 0.717) is 17.0 Å². The zero-order valence-electron chi connectivity index (χ0n) is 25.1. The normalized spacial score (nSPS) is 21.1. The Labute approximate surface area is 247 Å². The van der Waals surface area contributed by atoms with Crippen molar-refractivity contribution in [2.75, 3.05) is 32.1 Å². The molecular weight excluding hydrogens is 562 g/mol. The summed E-state index contributed by atoms with van der Waals surface area (Å²) in [6, 6.07) is 4.52. The molecule has 2 aromatic rings. The number of rotatable bonds is 8. The number of amides is 3. The van der Waals surface area contributed by atoms with Crippen LogP contribution in [0.4, 0.5) is 10.5 Å². The van der Waals surface area contributed by atoms with E-state index in [9.17, 15) is 23.1 Å². The molecule has 1 fully saturated rings. The molecule has 0 radical (unpaired) electrons. The molecule has 0 saturated heterocycles. The highest BCUT2D eigenvalue weighted by molar-refractivity contribution is 7.89. The molecule has 3 amide bonds. The Morgan fingerprint density at radius 3 is 2.60 bits per heavy atom. The van der Waals surface area contributed by atoms with Crippen molar-refractivity contribution in [3.63, 3.8) is 0 Å². The van der Waals surface area contributed by atoms with Crippen molar-refractivity contribution in [3.8, 4) is 5.75 Å². The molecule has 1 aromatic carbocycles. The van der Waals surface area contributed by atoms with Crippen LogP contribution in [0.3, 0.4) is 0 Å². The Bertz CT molecular complexity index is 1350. The summed E-state index contributed by atoms with van der Waals surface area (Å²) < 4.78 is 39.7. The SMILES string of the molecule is Cc1noc(C)c1S(=O)(=O)N(C)C[C@@H]1Oc2ccc(NC(=O)NC3CCCCC3)cc2CC(=O)N([C@H](C)CO)C[C@H]1C. The second-order valence-electron chi connectivity index (χ2n) is 11.6. The van der Waals surface area contributed by atoms with Gasteiger partial charge in [-0.1, -0.05) is 31.3 Å². The molecule has 3 N–H and O–H groups in total. The molecule has 12 nitrogen and oxygen atoms in total. The standard InChI is InChI=1S/C29H43N5O7S/c1-18-15-34(19(2)17-35)27(36)14-22-13-24(31-29(37)30-23-9-7-6-8-10-23)11-12-25(22)40-26(18)16-33(5)42(38,39)28-20(3)32-41-21(28)4/h11-13,18-19,23,26,35H,6-10,14-17H2,1-5H3,(H2,30,31,37)/t18-,19-,26+/m1/s1. The van der Waals surface area contributed by atoms with Crippen LogP contribution in [0.15, 0.2) is 27.6 Å². The number of likely N-dealkylation sites (N-methyl/N-ethyl adjacent to an activating group) is 1. The largest absolute Gasteiger partial charge is 0.488 e. The number of anilines is 1. The number of fused-ring (bicyclic) bond motifs is 1. The second-order valence-corrected chi connectivity index (χ2v) is 13.6. The Balaban J connectivity index is 1.61. The number of aryl methyl sites for hydroxylation is 2. The van der Waals surface area contributed by atoms with E-state index in [-0.39, 0.29) is 66.4 Å². The van der Waals surface area contributed by atoms with Crippen LogP contribution in [0.25, 0.3) is 0 Å². The Hall–Kier alpha value is -3.16. The van der Waals surface area contributed by atoms with Crippen LogP contribution in [0.1, 0.15) is 63.0 Å². The van der Waals surface area contributed by atoms with E-state index < -0.39 is 22.2 Å². The molecule has 1 aliphatic heterocycles. The molecule has 0 bridgehead atoms. The molecule has 1 aliphatic carbocycles. The topological polar surface area (TPSA) is 154 Å². The summed E-state index contributed by atoms with van der Waals surface area (Å²) in [7, 11) is -2.47. The molecule has 1 saturated carbocycles. The first kappa shape index (κ1) is 31.8. The molecule has 42 heavy (non-hydrogen) atoms. The van der Waals surface area contributed by atoms with Crippen molar-refractivity contribution >= 4 is 27.6 Å². The average molecular weight is 606 g/mol. The van der Waals surface area contributed by atoms with E-state index in [1.165, 1.54) is 17.8 Å². The lowest BCUT2D eigenvalue weighted by Gasteiger charge is -2.33. The molecule has 2 heterocycles. The van der Waals surface area contributed by atoms with Gasteiger partial charge in [-0.2, -0.15) is 4.31 Å². The van der Waals surface area contributed by atoms with Gasteiger partial charge in [0.1, 0.15) is 22.4 Å². The zero-order valence-corrected chi connectivity index (χ0v) is 25.9. The number of benzene rings is 1. The Kier molecular flexibility index (Phi) is 10.2. The van der Waals surface area contributed by atoms with Crippen LogP contribution in [0, 0.1) is 19.8 Å². The van der Waals surface area contributed by atoms with Gasteiger partial charge in [0.25, 0.3) is 0 Å². The monoisotopic (exact) mass is 605 g/mol. The summed E-state index contributed by atoms with van der Waals surface area (Å²) in [6.45, 7) is 6.81. The van der Waals surface area contributed by atoms with Crippen molar-refractivity contribution in [3.05, 3.63) is 35.2 Å². The van der Waals surface area contributed by atoms with E-state index in [1.807, 2.05) is 6.92 Å². The third kappa shape index (κ3) is 7.24. The number of hydrogen-bond acceptors (Lipinski definition) is 8. The lowest BCUT2D eigenvalue weighted by molar-refractivity contribution is -0.134. The minimum absolute atomic E-state index is 0.00761. The van der Waals surface area contributed by atoms with Crippen LogP contribution >= 0.6 is 0 Å². The number of hydrogen-bond donors (Lipinski definition) is 3. The highest BCUT2D eigenvalue weighted by Gasteiger charge is 2.35. The molecule has 232 valence electrons. The molecule has 2 aliphatic rings. The number of aliphatic hydroxyl groups excluding tert-OH is 1. The first-order chi connectivity index (χ1) is 19.9. The van der Waals surface area contributed by atoms with Gasteiger partial charge in [-0.15, -0.1) is 0 Å². The number of urea groups is 1. The predicted molar refractivity (Wildman–Crippen MR) is 157 cm³/mol. The number of carbonyl (C=O) groups excluding carboxylic acids is 2. The quantitative estimate of drug-likeness (QED) is 0.415. The molecule has 3 atom stereocenters. The van der Waals surface area contributed by atoms with Gasteiger partial charge in [0.05, 0.1) is 25.6 Å². The third-order valence-electron chi connectivity index (χ3n) is 8.19. The Morgan fingerprint density at radius 2 is 1.95 bits per heavy atom. The smallest absolute Gasteiger partial charge is 0.319 e. The number of nitrogens with zero attached hydrogens (tertiary/aromatic N) is 3. The molecule has 13 heteroatoms. The predicted octanol–water partition coefficient (Wildman–Crippen LogP) is 3.22. The van der Waals surface area contributed by atoms with Crippen LogP contribution < -0.4 is 15.4 Å². The van der Waals surface area contributed by atoms with Gasteiger partial charge in [-0.05, 0) is 51.8 Å². The minimum atomic E-state index is -3.94. The van der Waals surface area contributed by atoms with E-state index in [2.05, 4.69) is 15.8 Å². The average Bonchev–Trinajstić information content (AvgIpc) is 3.31. The third-order valence-corrected chi connectivity index (χ3v) is 10.3. The Morgan fingerprint density at radius 1 is 1.24 bits per heavy atom. The number of ether oxygens (including phenoxy) is 1. The van der Waals surface area contributed by atoms with Gasteiger partial charge in [-0.3, -0.25) is 4.79 Å². The van der Waals surface area contributed by atoms with E-state index >= 15 is 0 Å².